The lowest BCUT2D eigenvalue weighted by molar-refractivity contribution is -1.03. The average Bonchev–Trinajstić information content (AvgIpc) is 3.00. The second-order valence-electron chi connectivity index (χ2n) is 7.19. The first-order chi connectivity index (χ1) is 11.2. The molecule has 2 heterocycles. The highest BCUT2D eigenvalue weighted by Gasteiger charge is 2.33. The van der Waals surface area contributed by atoms with Crippen LogP contribution >= 0.6 is 0 Å². The second kappa shape index (κ2) is 9.13. The average molecular weight is 323 g/mol. The van der Waals surface area contributed by atoms with Gasteiger partial charge in [0.15, 0.2) is 0 Å². The summed E-state index contributed by atoms with van der Waals surface area (Å²) in [6.07, 6.45) is 5.50. The molecule has 0 saturated carbocycles. The highest BCUT2D eigenvalue weighted by molar-refractivity contribution is 4.87. The zero-order valence-electron chi connectivity index (χ0n) is 15.1. The molecule has 1 aromatic rings. The summed E-state index contributed by atoms with van der Waals surface area (Å²) < 4.78 is 2.05. The van der Waals surface area contributed by atoms with E-state index in [0.717, 1.165) is 31.8 Å². The van der Waals surface area contributed by atoms with Crippen LogP contribution in [0.3, 0.4) is 0 Å². The predicted molar refractivity (Wildman–Crippen MR) is 91.4 cm³/mol. The van der Waals surface area contributed by atoms with E-state index in [2.05, 4.69) is 47.6 Å². The molecule has 0 bridgehead atoms. The Morgan fingerprint density at radius 2 is 1.96 bits per heavy atom. The highest BCUT2D eigenvalue weighted by atomic mass is 15.5. The van der Waals surface area contributed by atoms with Crippen LogP contribution in [-0.4, -0.2) is 52.9 Å². The predicted octanol–water partition coefficient (Wildman–Crippen LogP) is -0.470. The number of rotatable bonds is 9. The van der Waals surface area contributed by atoms with E-state index in [0.29, 0.717) is 12.0 Å². The Kier molecular flexibility index (Phi) is 7.17. The molecule has 1 saturated heterocycles. The van der Waals surface area contributed by atoms with Crippen LogP contribution in [0, 0.1) is 5.92 Å². The molecule has 0 amide bonds. The molecule has 0 aromatic carbocycles. The van der Waals surface area contributed by atoms with Crippen LogP contribution in [0.15, 0.2) is 12.7 Å². The van der Waals surface area contributed by atoms with Gasteiger partial charge in [-0.2, -0.15) is 0 Å². The molecule has 6 nitrogen and oxygen atoms in total. The van der Waals surface area contributed by atoms with Crippen LogP contribution in [0.4, 0.5) is 0 Å². The van der Waals surface area contributed by atoms with Crippen LogP contribution in [-0.2, 0) is 6.54 Å². The molecule has 23 heavy (non-hydrogen) atoms. The van der Waals surface area contributed by atoms with Crippen molar-refractivity contribution < 1.29 is 9.80 Å². The van der Waals surface area contributed by atoms with Crippen molar-refractivity contribution in [2.24, 2.45) is 5.92 Å². The van der Waals surface area contributed by atoms with Gasteiger partial charge in [-0.15, -0.1) is 5.10 Å². The summed E-state index contributed by atoms with van der Waals surface area (Å²) in [7, 11) is 0. The lowest BCUT2D eigenvalue weighted by Crippen LogP contribution is -3.28. The first kappa shape index (κ1) is 18.1. The summed E-state index contributed by atoms with van der Waals surface area (Å²) in [5.74, 6) is 1.77. The van der Waals surface area contributed by atoms with Gasteiger partial charge >= 0.3 is 0 Å². The van der Waals surface area contributed by atoms with E-state index in [1.807, 2.05) is 6.08 Å². The number of tetrazole rings is 1. The van der Waals surface area contributed by atoms with E-state index in [-0.39, 0.29) is 0 Å². The van der Waals surface area contributed by atoms with Gasteiger partial charge in [-0.1, -0.05) is 33.8 Å². The highest BCUT2D eigenvalue weighted by Crippen LogP contribution is 2.13. The maximum absolute atomic E-state index is 4.40. The lowest BCUT2D eigenvalue weighted by Gasteiger charge is -2.33. The van der Waals surface area contributed by atoms with Crippen LogP contribution in [0.1, 0.15) is 51.9 Å². The molecule has 0 aliphatic carbocycles. The molecule has 1 fully saturated rings. The van der Waals surface area contributed by atoms with Crippen LogP contribution < -0.4 is 9.80 Å². The molecule has 2 rings (SSSR count). The van der Waals surface area contributed by atoms with Crippen molar-refractivity contribution in [2.45, 2.75) is 52.6 Å². The topological polar surface area (TPSA) is 52.5 Å². The number of aromatic nitrogens is 4. The van der Waals surface area contributed by atoms with E-state index in [1.165, 1.54) is 32.6 Å². The third kappa shape index (κ3) is 5.11. The number of nitrogens with one attached hydrogen (secondary N) is 2. The number of quaternary nitrogens is 2. The largest absolute Gasteiger partial charge is 0.322 e. The summed E-state index contributed by atoms with van der Waals surface area (Å²) in [5.41, 5.74) is 0. The standard InChI is InChI=1S/C17H32N6/c1-5-7-16(22-13-11-21(9-6-2)12-14-22)17-18-19-20-23(17)10-8-15(3)4/h6,15-16H,2,5,7-14H2,1,3-4H3/p+2/t16-/m1/s1. The normalized spacial score (nSPS) is 23.1. The van der Waals surface area contributed by atoms with Crippen LogP contribution in [0.5, 0.6) is 0 Å². The van der Waals surface area contributed by atoms with Gasteiger partial charge in [0, 0.05) is 13.0 Å². The number of piperazine rings is 1. The van der Waals surface area contributed by atoms with Crippen molar-refractivity contribution in [2.75, 3.05) is 32.7 Å². The minimum absolute atomic E-state index is 0.437. The quantitative estimate of drug-likeness (QED) is 0.605. The molecule has 0 unspecified atom stereocenters. The fourth-order valence-electron chi connectivity index (χ4n) is 3.49. The van der Waals surface area contributed by atoms with Gasteiger partial charge in [0.2, 0.25) is 5.82 Å². The molecule has 1 aromatic heterocycles. The fraction of sp³-hybridized carbons (Fsp3) is 0.824. The third-order valence-electron chi connectivity index (χ3n) is 4.89. The van der Waals surface area contributed by atoms with Gasteiger partial charge in [0.1, 0.15) is 32.2 Å². The van der Waals surface area contributed by atoms with Crippen molar-refractivity contribution >= 4 is 0 Å². The van der Waals surface area contributed by atoms with Gasteiger partial charge in [0.25, 0.3) is 0 Å². The second-order valence-corrected chi connectivity index (χ2v) is 7.19. The van der Waals surface area contributed by atoms with Crippen molar-refractivity contribution in [1.82, 2.24) is 20.2 Å². The molecule has 1 aliphatic rings. The maximum atomic E-state index is 4.40. The lowest BCUT2D eigenvalue weighted by atomic mass is 10.1. The van der Waals surface area contributed by atoms with E-state index < -0.39 is 0 Å². The van der Waals surface area contributed by atoms with Crippen LogP contribution in [0.2, 0.25) is 0 Å². The fourth-order valence-corrected chi connectivity index (χ4v) is 3.49. The summed E-state index contributed by atoms with van der Waals surface area (Å²) >= 11 is 0. The Hall–Kier alpha value is -1.27. The Morgan fingerprint density at radius 3 is 2.57 bits per heavy atom. The van der Waals surface area contributed by atoms with Crippen LogP contribution in [0.25, 0.3) is 0 Å². The molecule has 2 N–H and O–H groups in total. The van der Waals surface area contributed by atoms with Gasteiger partial charge < -0.3 is 9.80 Å². The first-order valence-corrected chi connectivity index (χ1v) is 9.20. The molecular formula is C17H34N6+2. The monoisotopic (exact) mass is 322 g/mol. The first-order valence-electron chi connectivity index (χ1n) is 9.20. The van der Waals surface area contributed by atoms with E-state index in [4.69, 9.17) is 0 Å². The van der Waals surface area contributed by atoms with Crippen molar-refractivity contribution in [1.29, 1.82) is 0 Å². The molecular weight excluding hydrogens is 288 g/mol. The number of hydrogen-bond acceptors (Lipinski definition) is 3. The summed E-state index contributed by atoms with van der Waals surface area (Å²) in [4.78, 5) is 3.30. The minimum Gasteiger partial charge on any atom is -0.322 e. The number of hydrogen-bond donors (Lipinski definition) is 2. The van der Waals surface area contributed by atoms with E-state index >= 15 is 0 Å². The van der Waals surface area contributed by atoms with E-state index in [9.17, 15) is 0 Å². The molecule has 0 spiro atoms. The zero-order chi connectivity index (χ0) is 16.7. The Balaban J connectivity index is 2.04. The van der Waals surface area contributed by atoms with Gasteiger partial charge in [-0.25, -0.2) is 4.68 Å². The van der Waals surface area contributed by atoms with Crippen molar-refractivity contribution in [3.05, 3.63) is 18.5 Å². The summed E-state index contributed by atoms with van der Waals surface area (Å²) in [6, 6.07) is 0.437. The van der Waals surface area contributed by atoms with Gasteiger partial charge in [-0.3, -0.25) is 0 Å². The number of aryl methyl sites for hydroxylation is 1. The molecule has 0 radical (unpaired) electrons. The maximum Gasteiger partial charge on any atom is 0.209 e. The zero-order valence-corrected chi connectivity index (χ0v) is 15.1. The van der Waals surface area contributed by atoms with E-state index in [1.54, 1.807) is 9.80 Å². The third-order valence-corrected chi connectivity index (χ3v) is 4.89. The summed E-state index contributed by atoms with van der Waals surface area (Å²) in [6.45, 7) is 17.5. The SMILES string of the molecule is C=CC[NH+]1CC[NH+]([C@H](CCC)c2nnnn2CCC(C)C)CC1. The number of nitrogens with zero attached hydrogens (tertiary/aromatic N) is 4. The van der Waals surface area contributed by atoms with Crippen molar-refractivity contribution in [3.8, 4) is 0 Å². The molecule has 6 heteroatoms. The van der Waals surface area contributed by atoms with Gasteiger partial charge in [0.05, 0.1) is 6.54 Å². The Bertz CT molecular complexity index is 461. The molecule has 130 valence electrons. The molecule has 1 aliphatic heterocycles. The van der Waals surface area contributed by atoms with Crippen molar-refractivity contribution in [3.63, 3.8) is 0 Å². The van der Waals surface area contributed by atoms with Gasteiger partial charge in [-0.05, 0) is 28.8 Å². The Morgan fingerprint density at radius 1 is 1.22 bits per heavy atom. The molecule has 1 atom stereocenters. The Labute approximate surface area is 140 Å². The summed E-state index contributed by atoms with van der Waals surface area (Å²) in [5, 5.41) is 12.6. The smallest absolute Gasteiger partial charge is 0.209 e. The minimum atomic E-state index is 0.437.